The molecule has 0 saturated carbocycles. The number of nitrogens with zero attached hydrogens (tertiary/aromatic N) is 2. The lowest BCUT2D eigenvalue weighted by Gasteiger charge is -2.22. The number of aliphatic hydroxyl groups excluding tert-OH is 1. The summed E-state index contributed by atoms with van der Waals surface area (Å²) < 4.78 is 0. The molecule has 0 fully saturated rings. The Morgan fingerprint density at radius 1 is 1.29 bits per heavy atom. The molecule has 1 amide bonds. The summed E-state index contributed by atoms with van der Waals surface area (Å²) in [5.41, 5.74) is 0. The number of hydrogen-bond donors (Lipinski definition) is 1. The maximum absolute atomic E-state index is 11.4. The Morgan fingerprint density at radius 2 is 1.93 bits per heavy atom. The van der Waals surface area contributed by atoms with Gasteiger partial charge in [-0.25, -0.2) is 0 Å². The topological polar surface area (TPSA) is 43.8 Å². The SMILES string of the molecule is CCCCN(CCO)CC(=O)N(C)C. The summed E-state index contributed by atoms with van der Waals surface area (Å²) in [6, 6.07) is 0. The van der Waals surface area contributed by atoms with Crippen LogP contribution in [0.2, 0.25) is 0 Å². The minimum atomic E-state index is 0.0922. The van der Waals surface area contributed by atoms with Gasteiger partial charge < -0.3 is 10.0 Å². The number of amides is 1. The van der Waals surface area contributed by atoms with Gasteiger partial charge in [-0.2, -0.15) is 0 Å². The molecule has 0 aliphatic carbocycles. The van der Waals surface area contributed by atoms with Crippen molar-refractivity contribution in [2.45, 2.75) is 19.8 Å². The number of aliphatic hydroxyl groups is 1. The molecule has 0 bridgehead atoms. The van der Waals surface area contributed by atoms with Crippen molar-refractivity contribution in [1.29, 1.82) is 0 Å². The van der Waals surface area contributed by atoms with E-state index >= 15 is 0 Å². The maximum Gasteiger partial charge on any atom is 0.236 e. The quantitative estimate of drug-likeness (QED) is 0.640. The molecule has 0 saturated heterocycles. The van der Waals surface area contributed by atoms with Gasteiger partial charge in [-0.05, 0) is 13.0 Å². The smallest absolute Gasteiger partial charge is 0.236 e. The molecule has 0 unspecified atom stereocenters. The minimum absolute atomic E-state index is 0.0922. The summed E-state index contributed by atoms with van der Waals surface area (Å²) in [4.78, 5) is 15.0. The van der Waals surface area contributed by atoms with Crippen LogP contribution in [0, 0.1) is 0 Å². The van der Waals surface area contributed by atoms with E-state index in [0.717, 1.165) is 19.4 Å². The molecule has 0 heterocycles. The van der Waals surface area contributed by atoms with Crippen molar-refractivity contribution in [3.63, 3.8) is 0 Å². The maximum atomic E-state index is 11.4. The Morgan fingerprint density at radius 3 is 2.36 bits per heavy atom. The van der Waals surface area contributed by atoms with E-state index in [2.05, 4.69) is 6.92 Å². The van der Waals surface area contributed by atoms with Crippen molar-refractivity contribution in [1.82, 2.24) is 9.80 Å². The first-order valence-electron chi connectivity index (χ1n) is 5.15. The highest BCUT2D eigenvalue weighted by atomic mass is 16.3. The highest BCUT2D eigenvalue weighted by molar-refractivity contribution is 5.77. The van der Waals surface area contributed by atoms with Gasteiger partial charge in [-0.3, -0.25) is 9.69 Å². The van der Waals surface area contributed by atoms with Gasteiger partial charge in [0.1, 0.15) is 0 Å². The molecule has 0 rings (SSSR count). The molecule has 0 atom stereocenters. The van der Waals surface area contributed by atoms with E-state index in [1.54, 1.807) is 19.0 Å². The van der Waals surface area contributed by atoms with Crippen LogP contribution < -0.4 is 0 Å². The van der Waals surface area contributed by atoms with E-state index in [1.165, 1.54) is 0 Å². The molecule has 0 aliphatic rings. The van der Waals surface area contributed by atoms with Crippen molar-refractivity contribution in [3.8, 4) is 0 Å². The Balaban J connectivity index is 3.88. The normalized spacial score (nSPS) is 10.6. The molecule has 0 radical (unpaired) electrons. The van der Waals surface area contributed by atoms with Crippen LogP contribution >= 0.6 is 0 Å². The van der Waals surface area contributed by atoms with Gasteiger partial charge in [0.15, 0.2) is 0 Å². The average molecular weight is 202 g/mol. The second-order valence-corrected chi connectivity index (χ2v) is 3.64. The van der Waals surface area contributed by atoms with Gasteiger partial charge in [-0.1, -0.05) is 13.3 Å². The molecule has 0 spiro atoms. The van der Waals surface area contributed by atoms with Crippen molar-refractivity contribution in [2.24, 2.45) is 0 Å². The zero-order chi connectivity index (χ0) is 11.0. The Bertz CT molecular complexity index is 160. The van der Waals surface area contributed by atoms with E-state index in [0.29, 0.717) is 13.1 Å². The predicted octanol–water partition coefficient (Wildman–Crippen LogP) is 0.169. The molecular weight excluding hydrogens is 180 g/mol. The summed E-state index contributed by atoms with van der Waals surface area (Å²) in [6.07, 6.45) is 2.18. The first-order chi connectivity index (χ1) is 6.61. The van der Waals surface area contributed by atoms with Gasteiger partial charge in [0.05, 0.1) is 13.2 Å². The number of carbonyl (C=O) groups excluding carboxylic acids is 1. The van der Waals surface area contributed by atoms with Gasteiger partial charge in [0, 0.05) is 20.6 Å². The standard InChI is InChI=1S/C10H22N2O2/c1-4-5-6-12(7-8-13)9-10(14)11(2)3/h13H,4-9H2,1-3H3. The van der Waals surface area contributed by atoms with Crippen LogP contribution in [0.5, 0.6) is 0 Å². The van der Waals surface area contributed by atoms with E-state index < -0.39 is 0 Å². The first-order valence-corrected chi connectivity index (χ1v) is 5.15. The Hall–Kier alpha value is -0.610. The van der Waals surface area contributed by atoms with E-state index in [9.17, 15) is 4.79 Å². The largest absolute Gasteiger partial charge is 0.395 e. The van der Waals surface area contributed by atoms with Crippen LogP contribution in [0.1, 0.15) is 19.8 Å². The number of rotatable bonds is 7. The van der Waals surface area contributed by atoms with Gasteiger partial charge in [-0.15, -0.1) is 0 Å². The van der Waals surface area contributed by atoms with Gasteiger partial charge >= 0.3 is 0 Å². The number of likely N-dealkylation sites (N-methyl/N-ethyl adjacent to an activating group) is 1. The van der Waals surface area contributed by atoms with Crippen LogP contribution in [0.15, 0.2) is 0 Å². The lowest BCUT2D eigenvalue weighted by atomic mass is 10.3. The van der Waals surface area contributed by atoms with E-state index in [1.807, 2.05) is 4.90 Å². The molecule has 1 N–H and O–H groups in total. The third-order valence-electron chi connectivity index (χ3n) is 2.10. The minimum Gasteiger partial charge on any atom is -0.395 e. The first kappa shape index (κ1) is 13.4. The summed E-state index contributed by atoms with van der Waals surface area (Å²) in [6.45, 7) is 4.11. The molecule has 0 aliphatic heterocycles. The highest BCUT2D eigenvalue weighted by Crippen LogP contribution is 1.95. The summed E-state index contributed by atoms with van der Waals surface area (Å²) in [7, 11) is 3.50. The van der Waals surface area contributed by atoms with Gasteiger partial charge in [0.2, 0.25) is 5.91 Å². The number of carbonyl (C=O) groups is 1. The lowest BCUT2D eigenvalue weighted by Crippen LogP contribution is -2.38. The molecular formula is C10H22N2O2. The molecule has 4 nitrogen and oxygen atoms in total. The van der Waals surface area contributed by atoms with Gasteiger partial charge in [0.25, 0.3) is 0 Å². The van der Waals surface area contributed by atoms with Crippen LogP contribution in [0.3, 0.4) is 0 Å². The number of hydrogen-bond acceptors (Lipinski definition) is 3. The molecule has 14 heavy (non-hydrogen) atoms. The average Bonchev–Trinajstić information content (AvgIpc) is 2.14. The zero-order valence-corrected chi connectivity index (χ0v) is 9.49. The fraction of sp³-hybridized carbons (Fsp3) is 0.900. The second kappa shape index (κ2) is 7.76. The lowest BCUT2D eigenvalue weighted by molar-refractivity contribution is -0.130. The molecule has 4 heteroatoms. The summed E-state index contributed by atoms with van der Waals surface area (Å²) in [5.74, 6) is 0.0922. The predicted molar refractivity (Wildman–Crippen MR) is 57.1 cm³/mol. The summed E-state index contributed by atoms with van der Waals surface area (Å²) in [5, 5.41) is 8.82. The monoisotopic (exact) mass is 202 g/mol. The fourth-order valence-corrected chi connectivity index (χ4v) is 1.13. The van der Waals surface area contributed by atoms with Crippen molar-refractivity contribution < 1.29 is 9.90 Å². The Kier molecular flexibility index (Phi) is 7.42. The Labute approximate surface area is 86.5 Å². The van der Waals surface area contributed by atoms with Crippen molar-refractivity contribution in [2.75, 3.05) is 40.3 Å². The van der Waals surface area contributed by atoms with Crippen molar-refractivity contribution >= 4 is 5.91 Å². The van der Waals surface area contributed by atoms with Crippen LogP contribution in [-0.4, -0.2) is 61.2 Å². The fourth-order valence-electron chi connectivity index (χ4n) is 1.13. The number of unbranched alkanes of at least 4 members (excludes halogenated alkanes) is 1. The van der Waals surface area contributed by atoms with Crippen LogP contribution in [0.25, 0.3) is 0 Å². The third-order valence-corrected chi connectivity index (χ3v) is 2.10. The van der Waals surface area contributed by atoms with E-state index in [-0.39, 0.29) is 12.5 Å². The molecule has 0 aromatic heterocycles. The second-order valence-electron chi connectivity index (χ2n) is 3.64. The summed E-state index contributed by atoms with van der Waals surface area (Å²) >= 11 is 0. The van der Waals surface area contributed by atoms with Crippen molar-refractivity contribution in [3.05, 3.63) is 0 Å². The zero-order valence-electron chi connectivity index (χ0n) is 9.49. The molecule has 0 aromatic rings. The molecule has 84 valence electrons. The van der Waals surface area contributed by atoms with E-state index in [4.69, 9.17) is 5.11 Å². The third kappa shape index (κ3) is 5.94. The van der Waals surface area contributed by atoms with Crippen LogP contribution in [-0.2, 0) is 4.79 Å². The molecule has 0 aromatic carbocycles. The van der Waals surface area contributed by atoms with Crippen LogP contribution in [0.4, 0.5) is 0 Å². The highest BCUT2D eigenvalue weighted by Gasteiger charge is 2.10.